The second kappa shape index (κ2) is 4.71. The number of para-hydroxylation sites is 1. The van der Waals surface area contributed by atoms with Gasteiger partial charge in [-0.3, -0.25) is 0 Å². The number of anilines is 1. The van der Waals surface area contributed by atoms with Crippen LogP contribution in [-0.4, -0.2) is 6.61 Å². The highest BCUT2D eigenvalue weighted by atomic mass is 17.3. The highest BCUT2D eigenvalue weighted by Gasteiger charge is 1.86. The molecule has 0 aliphatic carbocycles. The lowest BCUT2D eigenvalue weighted by Gasteiger charge is -2.02. The van der Waals surface area contributed by atoms with Crippen LogP contribution in [0.4, 0.5) is 5.69 Å². The van der Waals surface area contributed by atoms with Crippen molar-refractivity contribution in [3.05, 3.63) is 30.3 Å². The topological polar surface area (TPSA) is 30.5 Å². The van der Waals surface area contributed by atoms with Gasteiger partial charge in [0.25, 0.3) is 0 Å². The van der Waals surface area contributed by atoms with Crippen LogP contribution >= 0.6 is 0 Å². The van der Waals surface area contributed by atoms with Crippen LogP contribution in [-0.2, 0) is 9.88 Å². The molecule has 0 aromatic heterocycles. The molecule has 1 aromatic rings. The summed E-state index contributed by atoms with van der Waals surface area (Å²) in [7, 11) is 0. The van der Waals surface area contributed by atoms with Crippen LogP contribution in [0, 0.1) is 0 Å². The molecule has 0 fully saturated rings. The van der Waals surface area contributed by atoms with Gasteiger partial charge in [-0.25, -0.2) is 10.4 Å². The predicted octanol–water partition coefficient (Wildman–Crippen LogP) is 1.98. The van der Waals surface area contributed by atoms with E-state index in [9.17, 15) is 0 Å². The Bertz CT molecular complexity index is 189. The van der Waals surface area contributed by atoms with Gasteiger partial charge < -0.3 is 0 Å². The second-order valence-electron chi connectivity index (χ2n) is 1.96. The molecule has 0 saturated heterocycles. The fourth-order valence-electron chi connectivity index (χ4n) is 0.643. The lowest BCUT2D eigenvalue weighted by molar-refractivity contribution is -0.268. The number of benzene rings is 1. The summed E-state index contributed by atoms with van der Waals surface area (Å²) in [4.78, 5) is 9.25. The molecule has 60 valence electrons. The molecule has 0 amide bonds. The summed E-state index contributed by atoms with van der Waals surface area (Å²) in [6.45, 7) is 2.38. The number of rotatable bonds is 4. The van der Waals surface area contributed by atoms with Gasteiger partial charge in [0.15, 0.2) is 0 Å². The summed E-state index contributed by atoms with van der Waals surface area (Å²) in [5.74, 6) is 0. The Balaban J connectivity index is 2.28. The molecule has 0 atom stereocenters. The summed E-state index contributed by atoms with van der Waals surface area (Å²) in [5.41, 5.74) is 3.50. The van der Waals surface area contributed by atoms with Gasteiger partial charge in [-0.05, 0) is 19.1 Å². The van der Waals surface area contributed by atoms with E-state index >= 15 is 0 Å². The summed E-state index contributed by atoms with van der Waals surface area (Å²) in [5, 5.41) is 0. The third-order valence-electron chi connectivity index (χ3n) is 1.11. The zero-order valence-electron chi connectivity index (χ0n) is 6.41. The molecular weight excluding hydrogens is 142 g/mol. The van der Waals surface area contributed by atoms with Crippen LogP contribution in [0.25, 0.3) is 0 Å². The third-order valence-corrected chi connectivity index (χ3v) is 1.11. The Morgan fingerprint density at radius 2 is 2.00 bits per heavy atom. The van der Waals surface area contributed by atoms with Gasteiger partial charge in [0, 0.05) is 0 Å². The Kier molecular flexibility index (Phi) is 3.44. The number of hydrogen-bond donors (Lipinski definition) is 1. The van der Waals surface area contributed by atoms with Crippen LogP contribution in [0.15, 0.2) is 30.3 Å². The summed E-state index contributed by atoms with van der Waals surface area (Å²) >= 11 is 0. The molecule has 1 aromatic carbocycles. The van der Waals surface area contributed by atoms with Gasteiger partial charge in [-0.1, -0.05) is 18.2 Å². The Hall–Kier alpha value is -1.06. The van der Waals surface area contributed by atoms with E-state index in [0.717, 1.165) is 5.69 Å². The van der Waals surface area contributed by atoms with Crippen molar-refractivity contribution in [3.63, 3.8) is 0 Å². The minimum atomic E-state index is 0.528. The molecular formula is C8H11NO2. The lowest BCUT2D eigenvalue weighted by atomic mass is 10.3. The zero-order chi connectivity index (χ0) is 7.94. The van der Waals surface area contributed by atoms with Crippen LogP contribution in [0.1, 0.15) is 6.92 Å². The monoisotopic (exact) mass is 153 g/mol. The molecule has 0 spiro atoms. The fourth-order valence-corrected chi connectivity index (χ4v) is 0.643. The second-order valence-corrected chi connectivity index (χ2v) is 1.96. The van der Waals surface area contributed by atoms with Gasteiger partial charge in [0.05, 0.1) is 12.3 Å². The van der Waals surface area contributed by atoms with Gasteiger partial charge in [0.1, 0.15) is 0 Å². The molecule has 0 unspecified atom stereocenters. The SMILES string of the molecule is CCOONc1ccccc1. The summed E-state index contributed by atoms with van der Waals surface area (Å²) in [6, 6.07) is 9.54. The average molecular weight is 153 g/mol. The van der Waals surface area contributed by atoms with Crippen LogP contribution in [0.5, 0.6) is 0 Å². The Morgan fingerprint density at radius 1 is 1.27 bits per heavy atom. The maximum Gasteiger partial charge on any atom is 0.0819 e. The lowest BCUT2D eigenvalue weighted by Crippen LogP contribution is -2.01. The highest BCUT2D eigenvalue weighted by Crippen LogP contribution is 2.04. The minimum Gasteiger partial charge on any atom is -0.235 e. The van der Waals surface area contributed by atoms with E-state index in [1.54, 1.807) is 0 Å². The van der Waals surface area contributed by atoms with Crippen molar-refractivity contribution >= 4 is 5.69 Å². The molecule has 0 bridgehead atoms. The molecule has 0 radical (unpaired) electrons. The quantitative estimate of drug-likeness (QED) is 0.407. The van der Waals surface area contributed by atoms with Crippen molar-refractivity contribution in [1.82, 2.24) is 0 Å². The third kappa shape index (κ3) is 3.02. The van der Waals surface area contributed by atoms with E-state index < -0.39 is 0 Å². The summed E-state index contributed by atoms with van der Waals surface area (Å²) < 4.78 is 0. The van der Waals surface area contributed by atoms with Gasteiger partial charge in [-0.15, -0.1) is 4.99 Å². The fraction of sp³-hybridized carbons (Fsp3) is 0.250. The molecule has 1 N–H and O–H groups in total. The van der Waals surface area contributed by atoms with E-state index in [1.807, 2.05) is 37.3 Å². The molecule has 0 aliphatic rings. The first-order valence-electron chi connectivity index (χ1n) is 3.53. The van der Waals surface area contributed by atoms with Crippen LogP contribution < -0.4 is 5.48 Å². The van der Waals surface area contributed by atoms with E-state index in [2.05, 4.69) is 15.4 Å². The first-order valence-corrected chi connectivity index (χ1v) is 3.53. The van der Waals surface area contributed by atoms with E-state index in [0.29, 0.717) is 6.61 Å². The largest absolute Gasteiger partial charge is 0.235 e. The smallest absolute Gasteiger partial charge is 0.0819 e. The Morgan fingerprint density at radius 3 is 2.64 bits per heavy atom. The summed E-state index contributed by atoms with van der Waals surface area (Å²) in [6.07, 6.45) is 0. The van der Waals surface area contributed by atoms with Crippen molar-refractivity contribution in [2.75, 3.05) is 12.1 Å². The van der Waals surface area contributed by atoms with Gasteiger partial charge in [0.2, 0.25) is 0 Å². The van der Waals surface area contributed by atoms with E-state index in [-0.39, 0.29) is 0 Å². The maximum atomic E-state index is 4.63. The number of hydrogen-bond acceptors (Lipinski definition) is 3. The first-order chi connectivity index (χ1) is 5.43. The average Bonchev–Trinajstić information content (AvgIpc) is 2.07. The first kappa shape index (κ1) is 8.04. The molecule has 0 saturated carbocycles. The van der Waals surface area contributed by atoms with Crippen LogP contribution in [0.3, 0.4) is 0 Å². The van der Waals surface area contributed by atoms with Crippen molar-refractivity contribution in [3.8, 4) is 0 Å². The highest BCUT2D eigenvalue weighted by molar-refractivity contribution is 5.39. The normalized spacial score (nSPS) is 9.55. The molecule has 3 nitrogen and oxygen atoms in total. The standard InChI is InChI=1S/C8H11NO2/c1-2-10-11-9-8-6-4-3-5-7-8/h3-7,9H,2H2,1H3. The van der Waals surface area contributed by atoms with Crippen LogP contribution in [0.2, 0.25) is 0 Å². The van der Waals surface area contributed by atoms with Crippen molar-refractivity contribution in [1.29, 1.82) is 0 Å². The molecule has 0 aliphatic heterocycles. The molecule has 3 heteroatoms. The maximum absolute atomic E-state index is 4.63. The van der Waals surface area contributed by atoms with Crippen molar-refractivity contribution < 1.29 is 9.88 Å². The van der Waals surface area contributed by atoms with Crippen molar-refractivity contribution in [2.24, 2.45) is 0 Å². The van der Waals surface area contributed by atoms with Gasteiger partial charge in [-0.2, -0.15) is 0 Å². The minimum absolute atomic E-state index is 0.528. The molecule has 11 heavy (non-hydrogen) atoms. The predicted molar refractivity (Wildman–Crippen MR) is 42.8 cm³/mol. The molecule has 0 heterocycles. The van der Waals surface area contributed by atoms with Gasteiger partial charge >= 0.3 is 0 Å². The number of nitrogens with one attached hydrogen (secondary N) is 1. The zero-order valence-corrected chi connectivity index (χ0v) is 6.41. The van der Waals surface area contributed by atoms with E-state index in [1.165, 1.54) is 0 Å². The van der Waals surface area contributed by atoms with E-state index in [4.69, 9.17) is 0 Å². The molecule has 1 rings (SSSR count). The van der Waals surface area contributed by atoms with Crippen molar-refractivity contribution in [2.45, 2.75) is 6.92 Å². The Labute approximate surface area is 65.8 Å².